The standard InChI is InChI=1S/C30H41N3O2/c1-32-16-6-11-28(32)14-15-31-30(34)27-17-24(20-33(21-27)19-23-7-3-2-4-8-23)22-35-29-13-12-25-9-5-10-26(25)18-29/h2-4,7-8,12-13,18,24,27-28H,5-6,9-11,14-17,19-22H2,1H3,(H,31,34)/t24-,27+,28-/m0/s1. The van der Waals surface area contributed by atoms with E-state index in [4.69, 9.17) is 4.74 Å². The fraction of sp³-hybridized carbons (Fsp3) is 0.567. The van der Waals surface area contributed by atoms with E-state index < -0.39 is 0 Å². The van der Waals surface area contributed by atoms with E-state index in [1.54, 1.807) is 0 Å². The molecule has 2 saturated heterocycles. The molecule has 3 atom stereocenters. The molecular formula is C30H41N3O2. The van der Waals surface area contributed by atoms with Gasteiger partial charge in [-0.05, 0) is 87.4 Å². The molecule has 0 radical (unpaired) electrons. The van der Waals surface area contributed by atoms with Crippen molar-refractivity contribution >= 4 is 5.91 Å². The molecule has 2 aliphatic heterocycles. The van der Waals surface area contributed by atoms with Crippen LogP contribution in [0.15, 0.2) is 48.5 Å². The molecule has 2 heterocycles. The molecule has 188 valence electrons. The Kier molecular flexibility index (Phi) is 8.05. The number of carbonyl (C=O) groups excluding carboxylic acids is 1. The van der Waals surface area contributed by atoms with Gasteiger partial charge in [0.1, 0.15) is 5.75 Å². The van der Waals surface area contributed by atoms with Crippen molar-refractivity contribution < 1.29 is 9.53 Å². The maximum atomic E-state index is 13.2. The van der Waals surface area contributed by atoms with E-state index in [2.05, 4.69) is 70.7 Å². The Morgan fingerprint density at radius 3 is 2.74 bits per heavy atom. The summed E-state index contributed by atoms with van der Waals surface area (Å²) in [7, 11) is 2.20. The van der Waals surface area contributed by atoms with Gasteiger partial charge in [-0.2, -0.15) is 0 Å². The number of ether oxygens (including phenoxy) is 1. The van der Waals surface area contributed by atoms with E-state index >= 15 is 0 Å². The summed E-state index contributed by atoms with van der Waals surface area (Å²) in [6, 6.07) is 17.8. The Bertz CT molecular complexity index is 979. The van der Waals surface area contributed by atoms with Gasteiger partial charge in [0.05, 0.1) is 12.5 Å². The van der Waals surface area contributed by atoms with Crippen LogP contribution in [0.2, 0.25) is 0 Å². The summed E-state index contributed by atoms with van der Waals surface area (Å²) < 4.78 is 6.29. The van der Waals surface area contributed by atoms with Gasteiger partial charge in [-0.1, -0.05) is 36.4 Å². The highest BCUT2D eigenvalue weighted by molar-refractivity contribution is 5.79. The van der Waals surface area contributed by atoms with Gasteiger partial charge in [0.2, 0.25) is 5.91 Å². The molecule has 0 saturated carbocycles. The second-order valence-electron chi connectivity index (χ2n) is 10.9. The predicted octanol–water partition coefficient (Wildman–Crippen LogP) is 4.29. The van der Waals surface area contributed by atoms with Gasteiger partial charge in [-0.3, -0.25) is 9.69 Å². The fourth-order valence-electron chi connectivity index (χ4n) is 6.29. The second-order valence-corrected chi connectivity index (χ2v) is 10.9. The third-order valence-electron chi connectivity index (χ3n) is 8.24. The number of hydrogen-bond acceptors (Lipinski definition) is 4. The molecule has 5 nitrogen and oxygen atoms in total. The number of nitrogens with one attached hydrogen (secondary N) is 1. The van der Waals surface area contributed by atoms with Crippen molar-refractivity contribution in [1.82, 2.24) is 15.1 Å². The second kappa shape index (κ2) is 11.6. The monoisotopic (exact) mass is 475 g/mol. The van der Waals surface area contributed by atoms with Gasteiger partial charge >= 0.3 is 0 Å². The summed E-state index contributed by atoms with van der Waals surface area (Å²) in [5.41, 5.74) is 4.22. The van der Waals surface area contributed by atoms with Crippen LogP contribution in [0.3, 0.4) is 0 Å². The van der Waals surface area contributed by atoms with E-state index in [-0.39, 0.29) is 11.8 Å². The molecule has 2 aromatic rings. The zero-order valence-corrected chi connectivity index (χ0v) is 21.3. The van der Waals surface area contributed by atoms with Crippen LogP contribution in [0.5, 0.6) is 5.75 Å². The Balaban J connectivity index is 1.19. The Labute approximate surface area is 210 Å². The molecule has 0 unspecified atom stereocenters. The molecule has 5 heteroatoms. The van der Waals surface area contributed by atoms with Crippen LogP contribution in [0.4, 0.5) is 0 Å². The van der Waals surface area contributed by atoms with Crippen molar-refractivity contribution in [2.45, 2.75) is 57.5 Å². The Hall–Kier alpha value is -2.37. The maximum Gasteiger partial charge on any atom is 0.224 e. The van der Waals surface area contributed by atoms with E-state index in [1.165, 1.54) is 55.3 Å². The topological polar surface area (TPSA) is 44.8 Å². The summed E-state index contributed by atoms with van der Waals surface area (Å²) in [4.78, 5) is 18.1. The first-order valence-corrected chi connectivity index (χ1v) is 13.6. The Morgan fingerprint density at radius 1 is 1.06 bits per heavy atom. The molecule has 1 N–H and O–H groups in total. The van der Waals surface area contributed by atoms with E-state index in [0.717, 1.165) is 44.8 Å². The van der Waals surface area contributed by atoms with Gasteiger partial charge in [-0.25, -0.2) is 0 Å². The van der Waals surface area contributed by atoms with E-state index in [0.29, 0.717) is 18.6 Å². The first-order chi connectivity index (χ1) is 17.1. The lowest BCUT2D eigenvalue weighted by Crippen LogP contribution is -2.47. The number of carbonyl (C=O) groups is 1. The number of fused-ring (bicyclic) bond motifs is 1. The molecule has 2 fully saturated rings. The van der Waals surface area contributed by atoms with Crippen molar-refractivity contribution in [3.8, 4) is 5.75 Å². The number of piperidine rings is 1. The minimum absolute atomic E-state index is 0.0161. The lowest BCUT2D eigenvalue weighted by atomic mass is 9.88. The van der Waals surface area contributed by atoms with Crippen LogP contribution in [-0.4, -0.2) is 61.6 Å². The molecule has 0 spiro atoms. The van der Waals surface area contributed by atoms with Gasteiger partial charge in [0.25, 0.3) is 0 Å². The highest BCUT2D eigenvalue weighted by Gasteiger charge is 2.32. The molecule has 1 amide bonds. The quantitative estimate of drug-likeness (QED) is 0.588. The number of rotatable bonds is 9. The maximum absolute atomic E-state index is 13.2. The molecule has 0 bridgehead atoms. The van der Waals surface area contributed by atoms with Crippen LogP contribution in [0, 0.1) is 11.8 Å². The Morgan fingerprint density at radius 2 is 1.91 bits per heavy atom. The number of hydrogen-bond donors (Lipinski definition) is 1. The zero-order valence-electron chi connectivity index (χ0n) is 21.3. The summed E-state index contributed by atoms with van der Waals surface area (Å²) in [5, 5.41) is 3.27. The summed E-state index contributed by atoms with van der Waals surface area (Å²) >= 11 is 0. The molecule has 1 aliphatic carbocycles. The number of nitrogens with zero attached hydrogens (tertiary/aromatic N) is 2. The lowest BCUT2D eigenvalue weighted by molar-refractivity contribution is -0.127. The predicted molar refractivity (Wildman–Crippen MR) is 141 cm³/mol. The zero-order chi connectivity index (χ0) is 24.0. The average Bonchev–Trinajstić information content (AvgIpc) is 3.51. The SMILES string of the molecule is CN1CCC[C@H]1CCNC(=O)[C@@H]1C[C@H](COc2ccc3c(c2)CCC3)CN(Cc2ccccc2)C1. The third kappa shape index (κ3) is 6.45. The number of benzene rings is 2. The van der Waals surface area contributed by atoms with Gasteiger partial charge in [-0.15, -0.1) is 0 Å². The first-order valence-electron chi connectivity index (χ1n) is 13.6. The van der Waals surface area contributed by atoms with E-state index in [1.807, 2.05) is 0 Å². The largest absolute Gasteiger partial charge is 0.493 e. The van der Waals surface area contributed by atoms with Gasteiger partial charge < -0.3 is 15.0 Å². The van der Waals surface area contributed by atoms with Crippen LogP contribution in [-0.2, 0) is 24.2 Å². The van der Waals surface area contributed by atoms with Crippen LogP contribution >= 0.6 is 0 Å². The van der Waals surface area contributed by atoms with Crippen molar-refractivity contribution in [3.63, 3.8) is 0 Å². The molecule has 35 heavy (non-hydrogen) atoms. The average molecular weight is 476 g/mol. The normalized spacial score (nSPS) is 24.9. The molecular weight excluding hydrogens is 434 g/mol. The molecule has 3 aliphatic rings. The summed E-state index contributed by atoms with van der Waals surface area (Å²) in [5.74, 6) is 1.55. The number of likely N-dealkylation sites (tertiary alicyclic amines) is 2. The first kappa shape index (κ1) is 24.3. The van der Waals surface area contributed by atoms with E-state index in [9.17, 15) is 4.79 Å². The minimum Gasteiger partial charge on any atom is -0.493 e. The lowest BCUT2D eigenvalue weighted by Gasteiger charge is -2.37. The summed E-state index contributed by atoms with van der Waals surface area (Å²) in [6.07, 6.45) is 8.09. The molecule has 5 rings (SSSR count). The highest BCUT2D eigenvalue weighted by Crippen LogP contribution is 2.28. The van der Waals surface area contributed by atoms with Gasteiger partial charge in [0.15, 0.2) is 0 Å². The third-order valence-corrected chi connectivity index (χ3v) is 8.24. The minimum atomic E-state index is 0.0161. The number of amides is 1. The smallest absolute Gasteiger partial charge is 0.224 e. The summed E-state index contributed by atoms with van der Waals surface area (Å²) in [6.45, 7) is 5.30. The molecule has 2 aromatic carbocycles. The van der Waals surface area contributed by atoms with Crippen molar-refractivity contribution in [3.05, 3.63) is 65.2 Å². The van der Waals surface area contributed by atoms with Gasteiger partial charge in [0, 0.05) is 38.1 Å². The molecule has 0 aromatic heterocycles. The fourth-order valence-corrected chi connectivity index (χ4v) is 6.29. The van der Waals surface area contributed by atoms with Crippen LogP contribution in [0.1, 0.15) is 48.8 Å². The number of aryl methyl sites for hydroxylation is 2. The van der Waals surface area contributed by atoms with Crippen molar-refractivity contribution in [1.29, 1.82) is 0 Å². The van der Waals surface area contributed by atoms with Crippen molar-refractivity contribution in [2.24, 2.45) is 11.8 Å². The highest BCUT2D eigenvalue weighted by atomic mass is 16.5. The van der Waals surface area contributed by atoms with Crippen LogP contribution in [0.25, 0.3) is 0 Å². The van der Waals surface area contributed by atoms with Crippen molar-refractivity contribution in [2.75, 3.05) is 39.8 Å². The van der Waals surface area contributed by atoms with Crippen LogP contribution < -0.4 is 10.1 Å².